The number of nitrogens with one attached hydrogen (secondary N) is 2. The molecule has 7 nitrogen and oxygen atoms in total. The van der Waals surface area contributed by atoms with E-state index in [1.54, 1.807) is 23.1 Å². The van der Waals surface area contributed by atoms with E-state index in [2.05, 4.69) is 10.6 Å². The number of ether oxygens (including phenoxy) is 1. The number of urea groups is 1. The van der Waals surface area contributed by atoms with Gasteiger partial charge in [-0.3, -0.25) is 4.79 Å². The number of amides is 3. The highest BCUT2D eigenvalue weighted by Crippen LogP contribution is 2.28. The van der Waals surface area contributed by atoms with E-state index in [1.807, 2.05) is 61.5 Å². The van der Waals surface area contributed by atoms with E-state index in [1.165, 1.54) is 7.11 Å². The van der Waals surface area contributed by atoms with Gasteiger partial charge in [-0.2, -0.15) is 0 Å². The first-order chi connectivity index (χ1) is 16.5. The molecule has 174 valence electrons. The Morgan fingerprint density at radius 1 is 1.00 bits per heavy atom. The molecule has 3 aromatic carbocycles. The van der Waals surface area contributed by atoms with Crippen LogP contribution in [0.2, 0.25) is 0 Å². The molecule has 34 heavy (non-hydrogen) atoms. The second kappa shape index (κ2) is 10.2. The maximum Gasteiger partial charge on any atom is 0.339 e. The van der Waals surface area contributed by atoms with E-state index in [-0.39, 0.29) is 11.5 Å². The zero-order valence-corrected chi connectivity index (χ0v) is 19.2. The van der Waals surface area contributed by atoms with Gasteiger partial charge < -0.3 is 20.3 Å². The van der Waals surface area contributed by atoms with Gasteiger partial charge in [0.25, 0.3) is 0 Å². The Morgan fingerprint density at radius 3 is 2.50 bits per heavy atom. The van der Waals surface area contributed by atoms with Crippen LogP contribution in [0.5, 0.6) is 0 Å². The number of anilines is 2. The summed E-state index contributed by atoms with van der Waals surface area (Å²) < 4.78 is 4.83. The summed E-state index contributed by atoms with van der Waals surface area (Å²) in [6, 6.07) is 21.1. The van der Waals surface area contributed by atoms with Crippen LogP contribution in [0.4, 0.5) is 16.2 Å². The number of carbonyl (C=O) groups is 3. The first kappa shape index (κ1) is 23.0. The standard InChI is InChI=1S/C27H27N3O4/c1-18-12-13-21(26(32)34-2)22(16-18)28-27(33)29-23(17-19-8-4-3-5-9-19)25(31)30-15-14-20-10-6-7-11-24(20)30/h3-13,16,23H,14-15,17H2,1-2H3,(H2,28,29,33)/t23-/m0/s1. The number of carbonyl (C=O) groups excluding carboxylic acids is 3. The third-order valence-electron chi connectivity index (χ3n) is 5.87. The van der Waals surface area contributed by atoms with Crippen molar-refractivity contribution in [2.75, 3.05) is 23.9 Å². The quantitative estimate of drug-likeness (QED) is 0.546. The Kier molecular flexibility index (Phi) is 6.92. The molecule has 0 saturated heterocycles. The van der Waals surface area contributed by atoms with Crippen LogP contribution in [0.15, 0.2) is 72.8 Å². The average Bonchev–Trinajstić information content (AvgIpc) is 3.27. The fourth-order valence-corrected chi connectivity index (χ4v) is 4.17. The summed E-state index contributed by atoms with van der Waals surface area (Å²) >= 11 is 0. The van der Waals surface area contributed by atoms with Crippen molar-refractivity contribution >= 4 is 29.3 Å². The van der Waals surface area contributed by atoms with Crippen LogP contribution in [0.1, 0.15) is 27.0 Å². The van der Waals surface area contributed by atoms with E-state index in [0.717, 1.165) is 28.8 Å². The SMILES string of the molecule is COC(=O)c1ccc(C)cc1NC(=O)N[C@@H](Cc1ccccc1)C(=O)N1CCc2ccccc21. The van der Waals surface area contributed by atoms with Gasteiger partial charge in [-0.1, -0.05) is 54.6 Å². The number of para-hydroxylation sites is 1. The fraction of sp³-hybridized carbons (Fsp3) is 0.222. The van der Waals surface area contributed by atoms with E-state index in [0.29, 0.717) is 18.7 Å². The summed E-state index contributed by atoms with van der Waals surface area (Å²) in [7, 11) is 1.29. The molecule has 0 bridgehead atoms. The Morgan fingerprint density at radius 2 is 1.74 bits per heavy atom. The Hall–Kier alpha value is -4.13. The Bertz CT molecular complexity index is 1210. The van der Waals surface area contributed by atoms with Gasteiger partial charge in [0.2, 0.25) is 5.91 Å². The lowest BCUT2D eigenvalue weighted by Crippen LogP contribution is -2.50. The average molecular weight is 458 g/mol. The lowest BCUT2D eigenvalue weighted by atomic mass is 10.0. The summed E-state index contributed by atoms with van der Waals surface area (Å²) in [5, 5.41) is 5.56. The molecule has 0 spiro atoms. The summed E-state index contributed by atoms with van der Waals surface area (Å²) in [5.41, 5.74) is 4.35. The number of rotatable bonds is 6. The Balaban J connectivity index is 1.57. The van der Waals surface area contributed by atoms with Gasteiger partial charge in [0.1, 0.15) is 6.04 Å². The van der Waals surface area contributed by atoms with Gasteiger partial charge in [0, 0.05) is 18.7 Å². The monoisotopic (exact) mass is 457 g/mol. The van der Waals surface area contributed by atoms with Crippen LogP contribution in [-0.2, 0) is 22.4 Å². The molecule has 1 aliphatic heterocycles. The summed E-state index contributed by atoms with van der Waals surface area (Å²) in [6.07, 6.45) is 1.11. The van der Waals surface area contributed by atoms with Crippen LogP contribution >= 0.6 is 0 Å². The number of esters is 1. The zero-order chi connectivity index (χ0) is 24.1. The van der Waals surface area contributed by atoms with Gasteiger partial charge in [0.05, 0.1) is 18.4 Å². The van der Waals surface area contributed by atoms with Crippen molar-refractivity contribution in [2.24, 2.45) is 0 Å². The number of fused-ring (bicyclic) bond motifs is 1. The van der Waals surface area contributed by atoms with Crippen LogP contribution in [0, 0.1) is 6.92 Å². The largest absolute Gasteiger partial charge is 0.465 e. The smallest absolute Gasteiger partial charge is 0.339 e. The molecule has 0 saturated carbocycles. The highest BCUT2D eigenvalue weighted by atomic mass is 16.5. The summed E-state index contributed by atoms with van der Waals surface area (Å²) in [6.45, 7) is 2.42. The number of nitrogens with zero attached hydrogens (tertiary/aromatic N) is 1. The molecule has 2 N–H and O–H groups in total. The molecule has 0 aromatic heterocycles. The van der Waals surface area contributed by atoms with Crippen molar-refractivity contribution in [1.29, 1.82) is 0 Å². The number of hydrogen-bond donors (Lipinski definition) is 2. The predicted octanol–water partition coefficient (Wildman–Crippen LogP) is 4.10. The van der Waals surface area contributed by atoms with Gasteiger partial charge in [0.15, 0.2) is 0 Å². The Labute approximate surface area is 198 Å². The van der Waals surface area contributed by atoms with Crippen molar-refractivity contribution in [1.82, 2.24) is 5.32 Å². The van der Waals surface area contributed by atoms with Crippen molar-refractivity contribution in [3.05, 3.63) is 95.1 Å². The third-order valence-corrected chi connectivity index (χ3v) is 5.87. The molecule has 3 amide bonds. The normalized spacial score (nSPS) is 13.1. The van der Waals surface area contributed by atoms with Crippen molar-refractivity contribution < 1.29 is 19.1 Å². The van der Waals surface area contributed by atoms with Crippen molar-refractivity contribution in [2.45, 2.75) is 25.8 Å². The summed E-state index contributed by atoms with van der Waals surface area (Å²) in [5.74, 6) is -0.734. The third kappa shape index (κ3) is 5.09. The maximum absolute atomic E-state index is 13.6. The van der Waals surface area contributed by atoms with Gasteiger partial charge in [-0.15, -0.1) is 0 Å². The highest BCUT2D eigenvalue weighted by Gasteiger charge is 2.31. The first-order valence-electron chi connectivity index (χ1n) is 11.2. The number of hydrogen-bond acceptors (Lipinski definition) is 4. The van der Waals surface area contributed by atoms with E-state index >= 15 is 0 Å². The van der Waals surface area contributed by atoms with E-state index < -0.39 is 18.0 Å². The molecule has 0 radical (unpaired) electrons. The number of methoxy groups -OCH3 is 1. The minimum Gasteiger partial charge on any atom is -0.465 e. The maximum atomic E-state index is 13.6. The molecule has 7 heteroatoms. The minimum absolute atomic E-state index is 0.179. The second-order valence-electron chi connectivity index (χ2n) is 8.25. The van der Waals surface area contributed by atoms with Crippen LogP contribution in [0.25, 0.3) is 0 Å². The van der Waals surface area contributed by atoms with E-state index in [9.17, 15) is 14.4 Å². The topological polar surface area (TPSA) is 87.7 Å². The number of aryl methyl sites for hydroxylation is 1. The van der Waals surface area contributed by atoms with Gasteiger partial charge in [-0.25, -0.2) is 9.59 Å². The number of benzene rings is 3. The lowest BCUT2D eigenvalue weighted by Gasteiger charge is -2.25. The van der Waals surface area contributed by atoms with Gasteiger partial charge in [-0.05, 0) is 48.2 Å². The predicted molar refractivity (Wildman–Crippen MR) is 131 cm³/mol. The van der Waals surface area contributed by atoms with Crippen LogP contribution < -0.4 is 15.5 Å². The van der Waals surface area contributed by atoms with Crippen molar-refractivity contribution in [3.63, 3.8) is 0 Å². The lowest BCUT2D eigenvalue weighted by molar-refractivity contribution is -0.120. The fourth-order valence-electron chi connectivity index (χ4n) is 4.17. The molecular weight excluding hydrogens is 430 g/mol. The van der Waals surface area contributed by atoms with E-state index in [4.69, 9.17) is 4.74 Å². The van der Waals surface area contributed by atoms with Crippen LogP contribution in [0.3, 0.4) is 0 Å². The van der Waals surface area contributed by atoms with Gasteiger partial charge >= 0.3 is 12.0 Å². The minimum atomic E-state index is -0.792. The zero-order valence-electron chi connectivity index (χ0n) is 19.2. The molecule has 3 aromatic rings. The molecule has 1 aliphatic rings. The molecule has 1 heterocycles. The summed E-state index contributed by atoms with van der Waals surface area (Å²) in [4.78, 5) is 40.5. The molecule has 0 unspecified atom stereocenters. The molecule has 1 atom stereocenters. The highest BCUT2D eigenvalue weighted by molar-refractivity contribution is 6.04. The molecule has 4 rings (SSSR count). The molecule has 0 aliphatic carbocycles. The second-order valence-corrected chi connectivity index (χ2v) is 8.25. The molecular formula is C27H27N3O4. The van der Waals surface area contributed by atoms with Crippen molar-refractivity contribution in [3.8, 4) is 0 Å². The van der Waals surface area contributed by atoms with Crippen LogP contribution in [-0.4, -0.2) is 37.6 Å². The molecule has 0 fully saturated rings. The first-order valence-corrected chi connectivity index (χ1v) is 11.2.